The highest BCUT2D eigenvalue weighted by Gasteiger charge is 2.45. The van der Waals surface area contributed by atoms with E-state index in [2.05, 4.69) is 43.1 Å². The van der Waals surface area contributed by atoms with Gasteiger partial charge >= 0.3 is 0 Å². The lowest BCUT2D eigenvalue weighted by Gasteiger charge is -2.40. The van der Waals surface area contributed by atoms with E-state index in [0.29, 0.717) is 18.7 Å². The first-order chi connectivity index (χ1) is 15.1. The van der Waals surface area contributed by atoms with E-state index in [9.17, 15) is 9.59 Å². The topological polar surface area (TPSA) is 65.6 Å². The summed E-state index contributed by atoms with van der Waals surface area (Å²) in [7, 11) is 0. The van der Waals surface area contributed by atoms with Gasteiger partial charge in [-0.1, -0.05) is 32.1 Å². The first-order valence-corrected chi connectivity index (χ1v) is 11.3. The first-order valence-electron chi connectivity index (χ1n) is 11.3. The fourth-order valence-corrected chi connectivity index (χ4v) is 5.35. The van der Waals surface area contributed by atoms with E-state index < -0.39 is 6.04 Å². The summed E-state index contributed by atoms with van der Waals surface area (Å²) in [5.74, 6) is 0.768. The van der Waals surface area contributed by atoms with Gasteiger partial charge in [-0.2, -0.15) is 0 Å². The van der Waals surface area contributed by atoms with Gasteiger partial charge in [0.2, 0.25) is 0 Å². The summed E-state index contributed by atoms with van der Waals surface area (Å²) in [6.07, 6.45) is 11.1. The number of nitrogens with zero attached hydrogens (tertiary/aromatic N) is 2. The lowest BCUT2D eigenvalue weighted by atomic mass is 9.82. The van der Waals surface area contributed by atoms with E-state index in [1.165, 1.54) is 0 Å². The number of aromatic amines is 1. The van der Waals surface area contributed by atoms with Crippen molar-refractivity contribution in [3.05, 3.63) is 59.1 Å². The molecule has 1 unspecified atom stereocenters. The number of hydrogen-bond donors (Lipinski definition) is 1. The first kappa shape index (κ1) is 19.4. The Balaban J connectivity index is 1.53. The van der Waals surface area contributed by atoms with E-state index in [0.717, 1.165) is 39.9 Å². The maximum Gasteiger partial charge on any atom is 0.274 e. The van der Waals surface area contributed by atoms with Crippen molar-refractivity contribution in [1.29, 1.82) is 0 Å². The molecule has 6 heteroatoms. The number of piperazine rings is 1. The van der Waals surface area contributed by atoms with E-state index in [4.69, 9.17) is 4.74 Å². The third kappa shape index (κ3) is 2.65. The van der Waals surface area contributed by atoms with Gasteiger partial charge in [-0.25, -0.2) is 0 Å². The van der Waals surface area contributed by atoms with Gasteiger partial charge in [-0.05, 0) is 38.0 Å². The molecular weight excluding hydrogens is 402 g/mol. The summed E-state index contributed by atoms with van der Waals surface area (Å²) in [5.41, 5.74) is 4.04. The predicted octanol–water partition coefficient (Wildman–Crippen LogP) is 4.03. The van der Waals surface area contributed by atoms with Crippen molar-refractivity contribution < 1.29 is 14.3 Å². The molecule has 4 aliphatic rings. The Kier molecular flexibility index (Phi) is 3.73. The Morgan fingerprint density at radius 2 is 1.94 bits per heavy atom. The van der Waals surface area contributed by atoms with E-state index in [1.807, 2.05) is 32.2 Å². The summed E-state index contributed by atoms with van der Waals surface area (Å²) in [6, 6.07) is 3.67. The number of benzene rings is 1. The molecule has 1 atom stereocenters. The van der Waals surface area contributed by atoms with E-state index >= 15 is 0 Å². The highest BCUT2D eigenvalue weighted by molar-refractivity contribution is 6.06. The van der Waals surface area contributed by atoms with Gasteiger partial charge in [0.1, 0.15) is 23.1 Å². The summed E-state index contributed by atoms with van der Waals surface area (Å²) in [5, 5.41) is 1.08. The molecule has 164 valence electrons. The smallest absolute Gasteiger partial charge is 0.274 e. The van der Waals surface area contributed by atoms with Crippen LogP contribution in [0.5, 0.6) is 5.75 Å². The number of H-pyrrole nitrogens is 1. The number of ether oxygens (including phenoxy) is 1. The highest BCUT2D eigenvalue weighted by Crippen LogP contribution is 2.41. The molecule has 2 amide bonds. The molecule has 0 spiro atoms. The minimum absolute atomic E-state index is 0.000875. The second-order valence-corrected chi connectivity index (χ2v) is 10.3. The molecule has 0 radical (unpaired) electrons. The van der Waals surface area contributed by atoms with Crippen LogP contribution in [0.3, 0.4) is 0 Å². The number of hydrogen-bond acceptors (Lipinski definition) is 3. The zero-order valence-electron chi connectivity index (χ0n) is 18.9. The maximum absolute atomic E-state index is 13.4. The molecule has 1 N–H and O–H groups in total. The van der Waals surface area contributed by atoms with Crippen LogP contribution < -0.4 is 4.74 Å². The van der Waals surface area contributed by atoms with Gasteiger partial charge in [0.25, 0.3) is 11.8 Å². The van der Waals surface area contributed by atoms with Crippen molar-refractivity contribution >= 4 is 28.8 Å². The molecule has 32 heavy (non-hydrogen) atoms. The number of carbonyl (C=O) groups is 2. The number of allylic oxidation sites excluding steroid dienone is 1. The minimum atomic E-state index is -0.537. The van der Waals surface area contributed by atoms with E-state index in [1.54, 1.807) is 9.80 Å². The van der Waals surface area contributed by atoms with Gasteiger partial charge in [-0.15, -0.1) is 0 Å². The molecule has 6 rings (SSSR count). The standard InChI is InChI=1S/C26H27N3O3/c1-25(2)9-11-29-20(24(31)28-10-5-6-19(28)23(29)30)13-17-16-12-15-7-8-26(3,4)32-21(15)14-18(16)27-22(17)25/h6-9,11-12,14,20,27H,5,10,13H2,1-4H3. The van der Waals surface area contributed by atoms with Gasteiger partial charge in [0, 0.05) is 52.8 Å². The SMILES string of the molecule is CC1(C)C=Cc2cc3c4c([nH]c3cc2O1)C(C)(C)C=CN1C(=O)C2=CCCN2C(=O)C1C4. The highest BCUT2D eigenvalue weighted by atomic mass is 16.5. The summed E-state index contributed by atoms with van der Waals surface area (Å²) < 4.78 is 6.18. The van der Waals surface area contributed by atoms with Crippen molar-refractivity contribution in [3.63, 3.8) is 0 Å². The normalized spacial score (nSPS) is 24.9. The van der Waals surface area contributed by atoms with Crippen molar-refractivity contribution in [2.75, 3.05) is 6.54 Å². The third-order valence-electron chi connectivity index (χ3n) is 7.09. The largest absolute Gasteiger partial charge is 0.483 e. The Bertz CT molecular complexity index is 1290. The molecular formula is C26H27N3O3. The Morgan fingerprint density at radius 1 is 1.12 bits per heavy atom. The van der Waals surface area contributed by atoms with Crippen LogP contribution in [0.1, 0.15) is 50.9 Å². The lowest BCUT2D eigenvalue weighted by molar-refractivity contribution is -0.147. The second kappa shape index (κ2) is 6.15. The van der Waals surface area contributed by atoms with Crippen LogP contribution in [-0.4, -0.2) is 44.8 Å². The quantitative estimate of drug-likeness (QED) is 0.688. The van der Waals surface area contributed by atoms with Crippen LogP contribution in [0.25, 0.3) is 17.0 Å². The molecule has 1 fully saturated rings. The molecule has 1 aromatic carbocycles. The van der Waals surface area contributed by atoms with Crippen LogP contribution in [0.4, 0.5) is 0 Å². The van der Waals surface area contributed by atoms with Crippen molar-refractivity contribution in [2.45, 2.75) is 57.6 Å². The van der Waals surface area contributed by atoms with Crippen LogP contribution in [0.15, 0.2) is 42.3 Å². The minimum Gasteiger partial charge on any atom is -0.483 e. The predicted molar refractivity (Wildman–Crippen MR) is 123 cm³/mol. The second-order valence-electron chi connectivity index (χ2n) is 10.3. The van der Waals surface area contributed by atoms with Gasteiger partial charge < -0.3 is 19.5 Å². The number of nitrogens with one attached hydrogen (secondary N) is 1. The van der Waals surface area contributed by atoms with Crippen LogP contribution in [0.2, 0.25) is 0 Å². The number of carbonyl (C=O) groups excluding carboxylic acids is 2. The Labute approximate surface area is 187 Å². The molecule has 0 aliphatic carbocycles. The monoisotopic (exact) mass is 429 g/mol. The molecule has 1 aromatic heterocycles. The zero-order valence-corrected chi connectivity index (χ0v) is 18.9. The summed E-state index contributed by atoms with van der Waals surface area (Å²) >= 11 is 0. The average molecular weight is 430 g/mol. The fraction of sp³-hybridized carbons (Fsp3) is 0.385. The zero-order chi connectivity index (χ0) is 22.4. The number of amides is 2. The average Bonchev–Trinajstić information content (AvgIpc) is 3.34. The van der Waals surface area contributed by atoms with Gasteiger partial charge in [0.05, 0.1) is 0 Å². The van der Waals surface area contributed by atoms with Crippen LogP contribution in [0, 0.1) is 0 Å². The molecule has 6 nitrogen and oxygen atoms in total. The van der Waals surface area contributed by atoms with Crippen LogP contribution in [-0.2, 0) is 21.4 Å². The number of rotatable bonds is 0. The van der Waals surface area contributed by atoms with Crippen molar-refractivity contribution in [1.82, 2.24) is 14.8 Å². The number of fused-ring (bicyclic) bond motifs is 6. The molecule has 0 bridgehead atoms. The van der Waals surface area contributed by atoms with Gasteiger partial charge in [-0.3, -0.25) is 9.59 Å². The molecule has 5 heterocycles. The fourth-order valence-electron chi connectivity index (χ4n) is 5.35. The van der Waals surface area contributed by atoms with E-state index in [-0.39, 0.29) is 22.8 Å². The molecule has 2 aromatic rings. The van der Waals surface area contributed by atoms with Crippen molar-refractivity contribution in [2.24, 2.45) is 0 Å². The molecule has 1 saturated heterocycles. The van der Waals surface area contributed by atoms with Gasteiger partial charge in [0.15, 0.2) is 0 Å². The third-order valence-corrected chi connectivity index (χ3v) is 7.09. The molecule has 0 saturated carbocycles. The molecule has 4 aliphatic heterocycles. The van der Waals surface area contributed by atoms with Crippen LogP contribution >= 0.6 is 0 Å². The maximum atomic E-state index is 13.4. The Morgan fingerprint density at radius 3 is 2.75 bits per heavy atom. The summed E-state index contributed by atoms with van der Waals surface area (Å²) in [4.78, 5) is 33.5. The number of aromatic nitrogens is 1. The Hall–Kier alpha value is -3.28. The summed E-state index contributed by atoms with van der Waals surface area (Å²) in [6.45, 7) is 8.94. The van der Waals surface area contributed by atoms with Crippen molar-refractivity contribution in [3.8, 4) is 5.75 Å². The lowest BCUT2D eigenvalue weighted by Crippen LogP contribution is -2.56.